The fourth-order valence-corrected chi connectivity index (χ4v) is 3.51. The number of alkyl halides is 1. The SMILES string of the molecule is CC1(F)CCN(c2ccc(N3CCC[C@@H](NC(N)=O)C3=O)cc2)CC1. The molecule has 0 radical (unpaired) electrons. The predicted octanol–water partition coefficient (Wildman–Crippen LogP) is 2.18. The van der Waals surface area contributed by atoms with Crippen molar-refractivity contribution in [1.82, 2.24) is 5.32 Å². The van der Waals surface area contributed by atoms with Crippen LogP contribution in [0.5, 0.6) is 0 Å². The van der Waals surface area contributed by atoms with Crippen molar-refractivity contribution >= 4 is 23.3 Å². The van der Waals surface area contributed by atoms with Crippen molar-refractivity contribution in [1.29, 1.82) is 0 Å². The van der Waals surface area contributed by atoms with Crippen LogP contribution in [0.15, 0.2) is 24.3 Å². The van der Waals surface area contributed by atoms with E-state index in [1.165, 1.54) is 0 Å². The summed E-state index contributed by atoms with van der Waals surface area (Å²) in [7, 11) is 0. The molecule has 3 rings (SSSR count). The largest absolute Gasteiger partial charge is 0.371 e. The third-order valence-electron chi connectivity index (χ3n) is 5.09. The number of anilines is 2. The normalized spacial score (nSPS) is 23.4. The van der Waals surface area contributed by atoms with Crippen LogP contribution >= 0.6 is 0 Å². The molecule has 2 saturated heterocycles. The molecule has 2 fully saturated rings. The molecule has 0 spiro atoms. The number of nitrogens with one attached hydrogen (secondary N) is 1. The maximum Gasteiger partial charge on any atom is 0.312 e. The monoisotopic (exact) mass is 348 g/mol. The van der Waals surface area contributed by atoms with Gasteiger partial charge in [-0.2, -0.15) is 0 Å². The zero-order valence-corrected chi connectivity index (χ0v) is 14.5. The van der Waals surface area contributed by atoms with Crippen molar-refractivity contribution in [3.8, 4) is 0 Å². The number of rotatable bonds is 3. The second kappa shape index (κ2) is 6.90. The highest BCUT2D eigenvalue weighted by molar-refractivity contribution is 5.99. The number of urea groups is 1. The van der Waals surface area contributed by atoms with Crippen LogP contribution in [0, 0.1) is 0 Å². The molecule has 1 aromatic carbocycles. The highest BCUT2D eigenvalue weighted by atomic mass is 19.1. The lowest BCUT2D eigenvalue weighted by atomic mass is 9.95. The van der Waals surface area contributed by atoms with E-state index in [1.54, 1.807) is 11.8 Å². The quantitative estimate of drug-likeness (QED) is 0.879. The van der Waals surface area contributed by atoms with Gasteiger partial charge in [0, 0.05) is 31.0 Å². The Balaban J connectivity index is 1.67. The van der Waals surface area contributed by atoms with E-state index in [0.29, 0.717) is 38.9 Å². The lowest BCUT2D eigenvalue weighted by molar-refractivity contribution is -0.121. The number of primary amides is 1. The lowest BCUT2D eigenvalue weighted by Gasteiger charge is -2.36. The molecule has 0 saturated carbocycles. The Morgan fingerprint density at radius 3 is 2.40 bits per heavy atom. The Kier molecular flexibility index (Phi) is 4.83. The van der Waals surface area contributed by atoms with Gasteiger partial charge in [-0.25, -0.2) is 9.18 Å². The van der Waals surface area contributed by atoms with Gasteiger partial charge < -0.3 is 20.9 Å². The molecule has 6 nitrogen and oxygen atoms in total. The first-order chi connectivity index (χ1) is 11.9. The molecule has 3 N–H and O–H groups in total. The van der Waals surface area contributed by atoms with E-state index >= 15 is 0 Å². The maximum absolute atomic E-state index is 13.9. The summed E-state index contributed by atoms with van der Waals surface area (Å²) >= 11 is 0. The summed E-state index contributed by atoms with van der Waals surface area (Å²) in [6, 6.07) is 6.51. The number of carbonyl (C=O) groups is 2. The molecule has 2 aliphatic rings. The Morgan fingerprint density at radius 1 is 1.20 bits per heavy atom. The number of carbonyl (C=O) groups excluding carboxylic acids is 2. The van der Waals surface area contributed by atoms with Gasteiger partial charge >= 0.3 is 6.03 Å². The van der Waals surface area contributed by atoms with Gasteiger partial charge in [0.1, 0.15) is 11.7 Å². The number of nitrogens with zero attached hydrogens (tertiary/aromatic N) is 2. The van der Waals surface area contributed by atoms with Gasteiger partial charge in [0.15, 0.2) is 0 Å². The summed E-state index contributed by atoms with van der Waals surface area (Å²) in [5.41, 5.74) is 5.91. The van der Waals surface area contributed by atoms with Gasteiger partial charge in [-0.15, -0.1) is 0 Å². The number of benzene rings is 1. The molecule has 136 valence electrons. The average Bonchev–Trinajstić information content (AvgIpc) is 2.57. The number of amides is 3. The molecule has 2 heterocycles. The molecule has 0 aromatic heterocycles. The van der Waals surface area contributed by atoms with E-state index in [2.05, 4.69) is 10.2 Å². The molecule has 3 amide bonds. The molecule has 0 aliphatic carbocycles. The Morgan fingerprint density at radius 2 is 1.80 bits per heavy atom. The Bertz CT molecular complexity index is 637. The first-order valence-corrected chi connectivity index (χ1v) is 8.77. The summed E-state index contributed by atoms with van der Waals surface area (Å²) in [5, 5.41) is 2.51. The second-order valence-electron chi connectivity index (χ2n) is 7.11. The summed E-state index contributed by atoms with van der Waals surface area (Å²) in [5.74, 6) is -0.135. The Labute approximate surface area is 147 Å². The summed E-state index contributed by atoms with van der Waals surface area (Å²) in [6.07, 6.45) is 2.46. The molecular formula is C18H25FN4O2. The van der Waals surface area contributed by atoms with E-state index < -0.39 is 17.7 Å². The molecule has 7 heteroatoms. The van der Waals surface area contributed by atoms with E-state index in [-0.39, 0.29) is 5.91 Å². The van der Waals surface area contributed by atoms with Crippen LogP contribution in [0.4, 0.5) is 20.6 Å². The number of halogens is 1. The minimum atomic E-state index is -1.07. The van der Waals surface area contributed by atoms with Gasteiger partial charge in [0.05, 0.1) is 0 Å². The molecule has 1 atom stereocenters. The summed E-state index contributed by atoms with van der Waals surface area (Å²) in [4.78, 5) is 27.4. The topological polar surface area (TPSA) is 78.7 Å². The molecule has 0 bridgehead atoms. The first-order valence-electron chi connectivity index (χ1n) is 8.77. The standard InChI is InChI=1S/C18H25FN4O2/c1-18(19)8-11-22(12-9-18)13-4-6-14(7-5-13)23-10-2-3-15(16(23)24)21-17(20)25/h4-7,15H,2-3,8-12H2,1H3,(H3,20,21,25)/t15-/m1/s1. The number of piperidine rings is 2. The zero-order chi connectivity index (χ0) is 18.0. The molecule has 1 aromatic rings. The van der Waals surface area contributed by atoms with Crippen LogP contribution in [0.1, 0.15) is 32.6 Å². The van der Waals surface area contributed by atoms with Crippen LogP contribution in [0.2, 0.25) is 0 Å². The maximum atomic E-state index is 13.9. The van der Waals surface area contributed by atoms with Crippen LogP contribution in [0.3, 0.4) is 0 Å². The summed E-state index contributed by atoms with van der Waals surface area (Å²) < 4.78 is 13.9. The number of hydrogen-bond donors (Lipinski definition) is 2. The fourth-order valence-electron chi connectivity index (χ4n) is 3.51. The number of hydrogen-bond acceptors (Lipinski definition) is 3. The summed E-state index contributed by atoms with van der Waals surface area (Å²) in [6.45, 7) is 3.67. The molecule has 2 aliphatic heterocycles. The predicted molar refractivity (Wildman–Crippen MR) is 95.5 cm³/mol. The van der Waals surface area contributed by atoms with Crippen molar-refractivity contribution in [2.24, 2.45) is 5.73 Å². The highest BCUT2D eigenvalue weighted by Gasteiger charge is 2.31. The van der Waals surface area contributed by atoms with Crippen molar-refractivity contribution in [3.05, 3.63) is 24.3 Å². The number of nitrogens with two attached hydrogens (primary N) is 1. The van der Waals surface area contributed by atoms with E-state index in [9.17, 15) is 14.0 Å². The zero-order valence-electron chi connectivity index (χ0n) is 14.5. The van der Waals surface area contributed by atoms with Crippen LogP contribution in [0.25, 0.3) is 0 Å². The minimum Gasteiger partial charge on any atom is -0.371 e. The molecule has 25 heavy (non-hydrogen) atoms. The van der Waals surface area contributed by atoms with Crippen LogP contribution < -0.4 is 20.9 Å². The smallest absolute Gasteiger partial charge is 0.312 e. The highest BCUT2D eigenvalue weighted by Crippen LogP contribution is 2.30. The van der Waals surface area contributed by atoms with Gasteiger partial charge in [-0.05, 0) is 56.9 Å². The van der Waals surface area contributed by atoms with Gasteiger partial charge in [-0.1, -0.05) is 0 Å². The minimum absolute atomic E-state index is 0.135. The molecule has 0 unspecified atom stereocenters. The third kappa shape index (κ3) is 4.03. The first kappa shape index (κ1) is 17.5. The van der Waals surface area contributed by atoms with E-state index in [0.717, 1.165) is 17.8 Å². The van der Waals surface area contributed by atoms with Crippen molar-refractivity contribution in [2.75, 3.05) is 29.4 Å². The van der Waals surface area contributed by atoms with E-state index in [1.807, 2.05) is 24.3 Å². The second-order valence-corrected chi connectivity index (χ2v) is 7.11. The van der Waals surface area contributed by atoms with Crippen molar-refractivity contribution in [2.45, 2.75) is 44.3 Å². The van der Waals surface area contributed by atoms with Crippen LogP contribution in [-0.4, -0.2) is 43.3 Å². The van der Waals surface area contributed by atoms with Gasteiger partial charge in [0.2, 0.25) is 5.91 Å². The van der Waals surface area contributed by atoms with Crippen molar-refractivity contribution in [3.63, 3.8) is 0 Å². The van der Waals surface area contributed by atoms with Gasteiger partial charge in [0.25, 0.3) is 0 Å². The lowest BCUT2D eigenvalue weighted by Crippen LogP contribution is -2.53. The Hall–Kier alpha value is -2.31. The van der Waals surface area contributed by atoms with Crippen molar-refractivity contribution < 1.29 is 14.0 Å². The van der Waals surface area contributed by atoms with E-state index in [4.69, 9.17) is 5.73 Å². The molecular weight excluding hydrogens is 323 g/mol. The fraction of sp³-hybridized carbons (Fsp3) is 0.556. The average molecular weight is 348 g/mol. The van der Waals surface area contributed by atoms with Crippen LogP contribution in [-0.2, 0) is 4.79 Å². The third-order valence-corrected chi connectivity index (χ3v) is 5.09. The van der Waals surface area contributed by atoms with Gasteiger partial charge in [-0.3, -0.25) is 4.79 Å².